The van der Waals surface area contributed by atoms with Crippen LogP contribution in [-0.2, 0) is 6.54 Å². The number of rotatable bonds is 5. The normalized spacial score (nSPS) is 9.62. The Bertz CT molecular complexity index is 378. The molecule has 0 amide bonds. The molecule has 0 spiro atoms. The average molecular weight is 218 g/mol. The van der Waals surface area contributed by atoms with E-state index >= 15 is 0 Å². The summed E-state index contributed by atoms with van der Waals surface area (Å²) in [6.45, 7) is 13.5. The van der Waals surface area contributed by atoms with Crippen molar-refractivity contribution in [1.82, 2.24) is 0 Å². The number of hydrogen-bond donors (Lipinski definition) is 0. The molecule has 86 valence electrons. The lowest BCUT2D eigenvalue weighted by atomic mass is 10.1. The van der Waals surface area contributed by atoms with Gasteiger partial charge in [-0.3, -0.25) is 0 Å². The Kier molecular flexibility index (Phi) is 4.65. The van der Waals surface area contributed by atoms with Gasteiger partial charge < -0.3 is 14.5 Å². The van der Waals surface area contributed by atoms with Crippen LogP contribution in [0.2, 0.25) is 0 Å². The smallest absolute Gasteiger partial charge is 0.243 e. The van der Waals surface area contributed by atoms with Crippen molar-refractivity contribution in [2.75, 3.05) is 25.1 Å². The molecule has 0 aromatic heterocycles. The molecule has 0 unspecified atom stereocenters. The van der Waals surface area contributed by atoms with Crippen molar-refractivity contribution >= 4 is 5.69 Å². The molecule has 0 bridgehead atoms. The van der Waals surface area contributed by atoms with E-state index in [1.807, 2.05) is 12.1 Å². The summed E-state index contributed by atoms with van der Waals surface area (Å²) in [4.78, 5) is 5.64. The first kappa shape index (κ1) is 12.4. The zero-order valence-corrected chi connectivity index (χ0v) is 10.2. The highest BCUT2D eigenvalue weighted by atomic mass is 16.5. The lowest BCUT2D eigenvalue weighted by molar-refractivity contribution is 0.410. The monoisotopic (exact) mass is 218 g/mol. The minimum Gasteiger partial charge on any atom is -0.496 e. The minimum absolute atomic E-state index is 0.377. The molecule has 0 fully saturated rings. The van der Waals surface area contributed by atoms with Crippen molar-refractivity contribution in [3.05, 3.63) is 35.2 Å². The molecule has 1 aromatic carbocycles. The predicted molar refractivity (Wildman–Crippen MR) is 66.9 cm³/mol. The highest BCUT2D eigenvalue weighted by Crippen LogP contribution is 2.26. The van der Waals surface area contributed by atoms with E-state index < -0.39 is 0 Å². The van der Waals surface area contributed by atoms with Crippen molar-refractivity contribution in [3.8, 4) is 5.75 Å². The predicted octanol–water partition coefficient (Wildman–Crippen LogP) is 2.96. The molecule has 0 aliphatic rings. The molecular weight excluding hydrogens is 200 g/mol. The van der Waals surface area contributed by atoms with Gasteiger partial charge in [0.25, 0.3) is 0 Å². The molecule has 0 atom stereocenters. The molecule has 0 saturated carbocycles. The zero-order chi connectivity index (χ0) is 12.0. The molecule has 0 radical (unpaired) electrons. The summed E-state index contributed by atoms with van der Waals surface area (Å²) in [5.74, 6) is 0.806. The second kappa shape index (κ2) is 6.02. The lowest BCUT2D eigenvalue weighted by Crippen LogP contribution is -2.21. The fourth-order valence-corrected chi connectivity index (χ4v) is 1.73. The van der Waals surface area contributed by atoms with Gasteiger partial charge in [0.2, 0.25) is 6.54 Å². The molecule has 16 heavy (non-hydrogen) atoms. The standard InChI is InChI=1S/C13H18N2O/c1-5-15(6-2)12-8-7-11(10-14-3)13(9-12)16-4/h7-9H,5-6,10H2,1-2,4H3. The van der Waals surface area contributed by atoms with Crippen molar-refractivity contribution in [2.45, 2.75) is 20.4 Å². The van der Waals surface area contributed by atoms with Crippen LogP contribution in [-0.4, -0.2) is 20.2 Å². The van der Waals surface area contributed by atoms with Gasteiger partial charge in [-0.2, -0.15) is 0 Å². The Morgan fingerprint density at radius 3 is 2.50 bits per heavy atom. The molecule has 0 heterocycles. The Balaban J connectivity index is 3.03. The molecule has 3 heteroatoms. The van der Waals surface area contributed by atoms with E-state index in [-0.39, 0.29) is 0 Å². The Morgan fingerprint density at radius 2 is 2.00 bits per heavy atom. The largest absolute Gasteiger partial charge is 0.496 e. The maximum Gasteiger partial charge on any atom is 0.243 e. The van der Waals surface area contributed by atoms with E-state index in [1.54, 1.807) is 7.11 Å². The van der Waals surface area contributed by atoms with Crippen molar-refractivity contribution in [3.63, 3.8) is 0 Å². The highest BCUT2D eigenvalue weighted by Gasteiger charge is 2.09. The molecule has 0 saturated heterocycles. The van der Waals surface area contributed by atoms with Gasteiger partial charge in [0.15, 0.2) is 0 Å². The maximum absolute atomic E-state index is 6.88. The summed E-state index contributed by atoms with van der Waals surface area (Å²) in [5.41, 5.74) is 2.10. The van der Waals surface area contributed by atoms with E-state index in [9.17, 15) is 0 Å². The van der Waals surface area contributed by atoms with Crippen LogP contribution < -0.4 is 9.64 Å². The first-order chi connectivity index (χ1) is 7.76. The van der Waals surface area contributed by atoms with Crippen molar-refractivity contribution < 1.29 is 4.74 Å². The number of methoxy groups -OCH3 is 1. The Labute approximate surface area is 97.5 Å². The van der Waals surface area contributed by atoms with Gasteiger partial charge >= 0.3 is 0 Å². The lowest BCUT2D eigenvalue weighted by Gasteiger charge is -2.21. The number of nitrogens with zero attached hydrogens (tertiary/aromatic N) is 2. The highest BCUT2D eigenvalue weighted by molar-refractivity contribution is 5.54. The molecule has 1 rings (SSSR count). The van der Waals surface area contributed by atoms with Crippen molar-refractivity contribution in [2.24, 2.45) is 0 Å². The molecular formula is C13H18N2O. The summed E-state index contributed by atoms with van der Waals surface area (Å²) >= 11 is 0. The second-order valence-electron chi connectivity index (χ2n) is 3.48. The number of anilines is 1. The quantitative estimate of drug-likeness (QED) is 0.707. The third-order valence-electron chi connectivity index (χ3n) is 2.65. The molecule has 0 aliphatic heterocycles. The zero-order valence-electron chi connectivity index (χ0n) is 10.2. The van der Waals surface area contributed by atoms with Gasteiger partial charge in [-0.05, 0) is 26.0 Å². The van der Waals surface area contributed by atoms with Crippen LogP contribution >= 0.6 is 0 Å². The van der Waals surface area contributed by atoms with Crippen LogP contribution in [0.15, 0.2) is 18.2 Å². The first-order valence-corrected chi connectivity index (χ1v) is 5.51. The van der Waals surface area contributed by atoms with E-state index in [1.165, 1.54) is 0 Å². The van der Waals surface area contributed by atoms with Crippen molar-refractivity contribution in [1.29, 1.82) is 0 Å². The average Bonchev–Trinajstić information content (AvgIpc) is 2.32. The van der Waals surface area contributed by atoms with Gasteiger partial charge in [-0.25, -0.2) is 6.57 Å². The molecule has 0 N–H and O–H groups in total. The maximum atomic E-state index is 6.88. The van der Waals surface area contributed by atoms with E-state index in [4.69, 9.17) is 11.3 Å². The van der Waals surface area contributed by atoms with Crippen LogP contribution in [0.4, 0.5) is 5.69 Å². The fraction of sp³-hybridized carbons (Fsp3) is 0.462. The van der Waals surface area contributed by atoms with E-state index in [0.717, 1.165) is 30.1 Å². The Hall–Kier alpha value is -1.69. The third kappa shape index (κ3) is 2.66. The van der Waals surface area contributed by atoms with Crippen LogP contribution in [0.25, 0.3) is 4.85 Å². The van der Waals surface area contributed by atoms with Gasteiger partial charge in [-0.1, -0.05) is 0 Å². The van der Waals surface area contributed by atoms with Crippen LogP contribution in [0.5, 0.6) is 5.75 Å². The second-order valence-corrected chi connectivity index (χ2v) is 3.48. The first-order valence-electron chi connectivity index (χ1n) is 5.51. The minimum atomic E-state index is 0.377. The Morgan fingerprint density at radius 1 is 1.31 bits per heavy atom. The summed E-state index contributed by atoms with van der Waals surface area (Å²) in [6, 6.07) is 6.04. The van der Waals surface area contributed by atoms with Crippen LogP contribution in [0.3, 0.4) is 0 Å². The summed E-state index contributed by atoms with van der Waals surface area (Å²) < 4.78 is 5.31. The van der Waals surface area contributed by atoms with Gasteiger partial charge in [-0.15, -0.1) is 0 Å². The summed E-state index contributed by atoms with van der Waals surface area (Å²) in [5, 5.41) is 0. The number of ether oxygens (including phenoxy) is 1. The summed E-state index contributed by atoms with van der Waals surface area (Å²) in [7, 11) is 1.65. The van der Waals surface area contributed by atoms with Crippen LogP contribution in [0, 0.1) is 6.57 Å². The number of benzene rings is 1. The number of hydrogen-bond acceptors (Lipinski definition) is 2. The van der Waals surface area contributed by atoms with E-state index in [0.29, 0.717) is 6.54 Å². The van der Waals surface area contributed by atoms with Gasteiger partial charge in [0.1, 0.15) is 5.75 Å². The molecule has 3 nitrogen and oxygen atoms in total. The summed E-state index contributed by atoms with van der Waals surface area (Å²) in [6.07, 6.45) is 0. The third-order valence-corrected chi connectivity index (χ3v) is 2.65. The fourth-order valence-electron chi connectivity index (χ4n) is 1.73. The molecule has 1 aromatic rings. The molecule has 0 aliphatic carbocycles. The van der Waals surface area contributed by atoms with E-state index in [2.05, 4.69) is 29.7 Å². The SMILES string of the molecule is [C-]#[N+]Cc1ccc(N(CC)CC)cc1OC. The van der Waals surface area contributed by atoms with Gasteiger partial charge in [0, 0.05) is 24.8 Å². The topological polar surface area (TPSA) is 16.8 Å². The van der Waals surface area contributed by atoms with Crippen LogP contribution in [0.1, 0.15) is 19.4 Å². The van der Waals surface area contributed by atoms with Gasteiger partial charge in [0.05, 0.1) is 12.7 Å².